The topological polar surface area (TPSA) is 78.9 Å². The van der Waals surface area contributed by atoms with Crippen LogP contribution in [0.5, 0.6) is 0 Å². The van der Waals surface area contributed by atoms with Crippen LogP contribution in [-0.4, -0.2) is 37.7 Å². The van der Waals surface area contributed by atoms with Crippen LogP contribution in [0.25, 0.3) is 12.2 Å². The van der Waals surface area contributed by atoms with E-state index in [1.165, 1.54) is 23.8 Å². The minimum Gasteiger partial charge on any atom is -0.463 e. The summed E-state index contributed by atoms with van der Waals surface area (Å²) in [5.74, 6) is 5.07. The lowest BCUT2D eigenvalue weighted by molar-refractivity contribution is -0.143. The zero-order valence-corrected chi connectivity index (χ0v) is 25.5. The zero-order valence-electron chi connectivity index (χ0n) is 25.5. The summed E-state index contributed by atoms with van der Waals surface area (Å²) in [6.45, 7) is 10.2. The fourth-order valence-electron chi connectivity index (χ4n) is 3.90. The van der Waals surface area contributed by atoms with Crippen molar-refractivity contribution in [3.05, 3.63) is 107 Å². The zero-order chi connectivity index (χ0) is 31.3. The van der Waals surface area contributed by atoms with E-state index in [2.05, 4.69) is 45.3 Å². The van der Waals surface area contributed by atoms with Crippen molar-refractivity contribution in [2.75, 3.05) is 19.8 Å². The standard InChI is InChI=1S/C37H42O6/c1-5-24-41-35(38)23-21-34-13-7-12-33(28-34)15-9-25-42-36(39)22-20-32-18-16-31(17-19-32)14-8-26-43-37(40)27-30(4)11-6-10-29(2)3/h5,7,10,12-13,16-23,28,30H,1,6,9,11,15,24-27H2,2-4H3/b22-20+,23-21+. The number of carbonyl (C=O) groups excluding carboxylic acids is 3. The van der Waals surface area contributed by atoms with Gasteiger partial charge in [-0.2, -0.15) is 0 Å². The molecule has 0 saturated heterocycles. The molecule has 0 bridgehead atoms. The minimum absolute atomic E-state index is 0.0579. The largest absolute Gasteiger partial charge is 0.463 e. The van der Waals surface area contributed by atoms with Crippen LogP contribution in [0, 0.1) is 17.8 Å². The number of esters is 3. The Morgan fingerprint density at radius 2 is 1.65 bits per heavy atom. The summed E-state index contributed by atoms with van der Waals surface area (Å²) in [6.07, 6.45) is 13.6. The molecule has 2 rings (SSSR count). The molecule has 0 aromatic heterocycles. The van der Waals surface area contributed by atoms with Gasteiger partial charge in [0.2, 0.25) is 0 Å². The summed E-state index contributed by atoms with van der Waals surface area (Å²) in [7, 11) is 0. The maximum Gasteiger partial charge on any atom is 0.331 e. The lowest BCUT2D eigenvalue weighted by Gasteiger charge is -2.08. The Morgan fingerprint density at radius 3 is 2.37 bits per heavy atom. The van der Waals surface area contributed by atoms with Crippen molar-refractivity contribution in [3.63, 3.8) is 0 Å². The molecule has 6 heteroatoms. The second-order valence-electron chi connectivity index (χ2n) is 10.4. The molecular formula is C37H42O6. The summed E-state index contributed by atoms with van der Waals surface area (Å²) in [6, 6.07) is 15.2. The molecule has 2 aromatic carbocycles. The molecule has 0 aliphatic heterocycles. The van der Waals surface area contributed by atoms with Gasteiger partial charge in [-0.3, -0.25) is 4.79 Å². The van der Waals surface area contributed by atoms with Crippen molar-refractivity contribution < 1.29 is 28.6 Å². The Balaban J connectivity index is 1.68. The van der Waals surface area contributed by atoms with Gasteiger partial charge in [0.05, 0.1) is 6.61 Å². The number of carbonyl (C=O) groups is 3. The van der Waals surface area contributed by atoms with E-state index in [-0.39, 0.29) is 25.1 Å². The Morgan fingerprint density at radius 1 is 0.930 bits per heavy atom. The van der Waals surface area contributed by atoms with Gasteiger partial charge >= 0.3 is 17.9 Å². The van der Waals surface area contributed by atoms with E-state index in [4.69, 9.17) is 14.2 Å². The first-order valence-corrected chi connectivity index (χ1v) is 14.5. The fraction of sp³-hybridized carbons (Fsp3) is 0.324. The molecule has 0 aliphatic rings. The number of aryl methyl sites for hydroxylation is 1. The van der Waals surface area contributed by atoms with Crippen molar-refractivity contribution in [3.8, 4) is 11.8 Å². The van der Waals surface area contributed by atoms with Gasteiger partial charge < -0.3 is 14.2 Å². The number of ether oxygens (including phenoxy) is 3. The fourth-order valence-corrected chi connectivity index (χ4v) is 3.90. The van der Waals surface area contributed by atoms with Crippen molar-refractivity contribution in [1.82, 2.24) is 0 Å². The summed E-state index contributed by atoms with van der Waals surface area (Å²) in [5.41, 5.74) is 4.89. The van der Waals surface area contributed by atoms with Crippen molar-refractivity contribution in [1.29, 1.82) is 0 Å². The highest BCUT2D eigenvalue weighted by molar-refractivity contribution is 5.87. The van der Waals surface area contributed by atoms with Crippen LogP contribution in [0.15, 0.2) is 85.0 Å². The normalized spacial score (nSPS) is 11.3. The summed E-state index contributed by atoms with van der Waals surface area (Å²) < 4.78 is 15.5. The van der Waals surface area contributed by atoms with E-state index in [0.29, 0.717) is 19.4 Å². The first-order chi connectivity index (χ1) is 20.7. The molecule has 0 fully saturated rings. The van der Waals surface area contributed by atoms with Gasteiger partial charge in [0.1, 0.15) is 6.61 Å². The van der Waals surface area contributed by atoms with Crippen LogP contribution >= 0.6 is 0 Å². The predicted molar refractivity (Wildman–Crippen MR) is 172 cm³/mol. The molecule has 0 spiro atoms. The molecule has 0 saturated carbocycles. The van der Waals surface area contributed by atoms with Crippen LogP contribution in [0.4, 0.5) is 0 Å². The highest BCUT2D eigenvalue weighted by Crippen LogP contribution is 2.13. The van der Waals surface area contributed by atoms with Crippen LogP contribution in [0.1, 0.15) is 68.7 Å². The van der Waals surface area contributed by atoms with E-state index in [9.17, 15) is 14.4 Å². The lowest BCUT2D eigenvalue weighted by Crippen LogP contribution is -2.09. The maximum absolute atomic E-state index is 12.1. The highest BCUT2D eigenvalue weighted by Gasteiger charge is 2.09. The van der Waals surface area contributed by atoms with E-state index in [1.54, 1.807) is 12.2 Å². The van der Waals surface area contributed by atoms with Gasteiger partial charge in [-0.05, 0) is 86.4 Å². The first kappa shape index (κ1) is 34.6. The van der Waals surface area contributed by atoms with E-state index in [0.717, 1.165) is 41.5 Å². The number of hydrogen-bond acceptors (Lipinski definition) is 6. The summed E-state index contributed by atoms with van der Waals surface area (Å²) in [4.78, 5) is 35.7. The molecular weight excluding hydrogens is 540 g/mol. The van der Waals surface area contributed by atoms with Gasteiger partial charge in [-0.15, -0.1) is 0 Å². The van der Waals surface area contributed by atoms with Crippen molar-refractivity contribution >= 4 is 30.1 Å². The molecule has 0 amide bonds. The van der Waals surface area contributed by atoms with Gasteiger partial charge in [-0.1, -0.05) is 79.5 Å². The van der Waals surface area contributed by atoms with Crippen LogP contribution in [0.2, 0.25) is 0 Å². The molecule has 1 unspecified atom stereocenters. The van der Waals surface area contributed by atoms with Crippen LogP contribution in [0.3, 0.4) is 0 Å². The third kappa shape index (κ3) is 16.4. The molecule has 2 aromatic rings. The second-order valence-corrected chi connectivity index (χ2v) is 10.4. The molecule has 0 aliphatic carbocycles. The van der Waals surface area contributed by atoms with E-state index >= 15 is 0 Å². The average molecular weight is 583 g/mol. The Bertz CT molecular complexity index is 1350. The van der Waals surface area contributed by atoms with Gasteiger partial charge in [-0.25, -0.2) is 9.59 Å². The third-order valence-electron chi connectivity index (χ3n) is 6.15. The second kappa shape index (κ2) is 20.3. The molecule has 0 N–H and O–H groups in total. The van der Waals surface area contributed by atoms with Crippen molar-refractivity contribution in [2.45, 2.75) is 52.9 Å². The highest BCUT2D eigenvalue weighted by atomic mass is 16.5. The SMILES string of the molecule is C=CCOC(=O)/C=C/c1cccc(CCCOC(=O)/C=C/c2ccc(C#CCOC(=O)CC(C)CCC=C(C)C)cc2)c1. The summed E-state index contributed by atoms with van der Waals surface area (Å²) in [5, 5.41) is 0. The Labute approximate surface area is 256 Å². The quantitative estimate of drug-likeness (QED) is 0.0517. The molecule has 0 heterocycles. The molecule has 226 valence electrons. The van der Waals surface area contributed by atoms with E-state index in [1.807, 2.05) is 48.5 Å². The van der Waals surface area contributed by atoms with Gasteiger partial charge in [0.25, 0.3) is 0 Å². The van der Waals surface area contributed by atoms with Gasteiger partial charge in [0, 0.05) is 24.1 Å². The monoisotopic (exact) mass is 582 g/mol. The van der Waals surface area contributed by atoms with Crippen LogP contribution in [-0.2, 0) is 35.0 Å². The van der Waals surface area contributed by atoms with Crippen LogP contribution < -0.4 is 0 Å². The van der Waals surface area contributed by atoms with Crippen molar-refractivity contribution in [2.24, 2.45) is 5.92 Å². The molecule has 0 radical (unpaired) electrons. The predicted octanol–water partition coefficient (Wildman–Crippen LogP) is 7.29. The molecule has 6 nitrogen and oxygen atoms in total. The van der Waals surface area contributed by atoms with E-state index < -0.39 is 11.9 Å². The first-order valence-electron chi connectivity index (χ1n) is 14.5. The number of rotatable bonds is 16. The number of hydrogen-bond donors (Lipinski definition) is 0. The average Bonchev–Trinajstić information content (AvgIpc) is 2.99. The Hall–Kier alpha value is -4.63. The smallest absolute Gasteiger partial charge is 0.331 e. The third-order valence-corrected chi connectivity index (χ3v) is 6.15. The number of allylic oxidation sites excluding steroid dienone is 2. The summed E-state index contributed by atoms with van der Waals surface area (Å²) >= 11 is 0. The molecule has 43 heavy (non-hydrogen) atoms. The maximum atomic E-state index is 12.1. The van der Waals surface area contributed by atoms with Gasteiger partial charge in [0.15, 0.2) is 6.61 Å². The Kier molecular flexibility index (Phi) is 16.3. The number of benzene rings is 2. The lowest BCUT2D eigenvalue weighted by atomic mass is 10.0. The minimum atomic E-state index is -0.420. The molecule has 1 atom stereocenters.